The summed E-state index contributed by atoms with van der Waals surface area (Å²) in [6.45, 7) is 3.74. The fourth-order valence-corrected chi connectivity index (χ4v) is 4.49. The van der Waals surface area contributed by atoms with E-state index in [1.807, 2.05) is 79.1 Å². The van der Waals surface area contributed by atoms with Crippen LogP contribution in [0.1, 0.15) is 25.5 Å². The van der Waals surface area contributed by atoms with Crippen LogP contribution in [0.3, 0.4) is 0 Å². The second kappa shape index (κ2) is 9.27. The van der Waals surface area contributed by atoms with Gasteiger partial charge in [0.15, 0.2) is 17.3 Å². The number of carbonyl (C=O) groups is 1. The highest BCUT2D eigenvalue weighted by Crippen LogP contribution is 2.40. The highest BCUT2D eigenvalue weighted by molar-refractivity contribution is 5.87. The smallest absolute Gasteiger partial charge is 0.329 e. The molecule has 2 aromatic carbocycles. The van der Waals surface area contributed by atoms with Gasteiger partial charge in [-0.1, -0.05) is 62.4 Å². The predicted octanol–water partition coefficient (Wildman–Crippen LogP) is 6.09. The summed E-state index contributed by atoms with van der Waals surface area (Å²) in [6.07, 6.45) is 1.65. The molecule has 1 atom stereocenters. The summed E-state index contributed by atoms with van der Waals surface area (Å²) in [5.74, 6) is 1.07. The molecule has 7 nitrogen and oxygen atoms in total. The van der Waals surface area contributed by atoms with Crippen LogP contribution in [0, 0.1) is 5.92 Å². The zero-order valence-electron chi connectivity index (χ0n) is 19.8. The Kier molecular flexibility index (Phi) is 6.01. The average Bonchev–Trinajstić information content (AvgIpc) is 3.60. The van der Waals surface area contributed by atoms with Gasteiger partial charge >= 0.3 is 5.97 Å². The molecule has 0 aliphatic heterocycles. The van der Waals surface area contributed by atoms with Crippen molar-refractivity contribution in [2.75, 3.05) is 7.11 Å². The van der Waals surface area contributed by atoms with E-state index in [0.717, 1.165) is 10.9 Å². The molecule has 0 aliphatic rings. The number of para-hydroxylation sites is 1. The number of imidazole rings is 1. The molecule has 3 aromatic heterocycles. The Hall–Kier alpha value is -4.10. The van der Waals surface area contributed by atoms with Crippen molar-refractivity contribution in [1.29, 1.82) is 0 Å². The Bertz CT molecular complexity index is 1480. The first kappa shape index (κ1) is 22.7. The highest BCUT2D eigenvalue weighted by atomic mass is 16.5. The summed E-state index contributed by atoms with van der Waals surface area (Å²) in [5, 5.41) is 10.9. The number of benzene rings is 2. The van der Waals surface area contributed by atoms with Crippen LogP contribution < -0.4 is 0 Å². The average molecular weight is 471 g/mol. The molecule has 0 fully saturated rings. The van der Waals surface area contributed by atoms with E-state index in [0.29, 0.717) is 39.8 Å². The number of hydrogen-bond donors (Lipinski definition) is 1. The number of aliphatic hydroxyl groups excluding tert-OH is 1. The zero-order valence-corrected chi connectivity index (χ0v) is 19.8. The number of nitrogens with zero attached hydrogens (tertiary/aromatic N) is 2. The normalized spacial score (nSPS) is 12.4. The van der Waals surface area contributed by atoms with E-state index >= 15 is 0 Å². The van der Waals surface area contributed by atoms with Gasteiger partial charge in [-0.3, -0.25) is 0 Å². The third-order valence-electron chi connectivity index (χ3n) is 6.13. The molecule has 0 saturated carbocycles. The lowest BCUT2D eigenvalue weighted by atomic mass is 10.0. The van der Waals surface area contributed by atoms with Crippen molar-refractivity contribution in [3.8, 4) is 34.2 Å². The SMILES string of the molecule is COC(=O)[C@H](C(C)C)n1cnc(-c2ccccc2)c1-c1ccc(-c2oc3ccccc3c2CO)o1. The topological polar surface area (TPSA) is 90.6 Å². The first-order valence-corrected chi connectivity index (χ1v) is 11.5. The lowest BCUT2D eigenvalue weighted by molar-refractivity contribution is -0.146. The van der Waals surface area contributed by atoms with Gasteiger partial charge in [-0.15, -0.1) is 0 Å². The Morgan fingerprint density at radius 3 is 2.43 bits per heavy atom. The zero-order chi connectivity index (χ0) is 24.5. The monoisotopic (exact) mass is 470 g/mol. The lowest BCUT2D eigenvalue weighted by Crippen LogP contribution is -2.25. The maximum Gasteiger partial charge on any atom is 0.329 e. The van der Waals surface area contributed by atoms with Crippen LogP contribution >= 0.6 is 0 Å². The number of esters is 1. The van der Waals surface area contributed by atoms with Gasteiger partial charge in [0.25, 0.3) is 0 Å². The minimum Gasteiger partial charge on any atom is -0.467 e. The Balaban J connectivity index is 1.69. The van der Waals surface area contributed by atoms with E-state index in [4.69, 9.17) is 13.6 Å². The number of aliphatic hydroxyl groups is 1. The van der Waals surface area contributed by atoms with Gasteiger partial charge in [-0.05, 0) is 24.1 Å². The van der Waals surface area contributed by atoms with Gasteiger partial charge in [0.2, 0.25) is 0 Å². The van der Waals surface area contributed by atoms with Crippen LogP contribution in [-0.4, -0.2) is 27.7 Å². The van der Waals surface area contributed by atoms with Gasteiger partial charge < -0.3 is 23.2 Å². The van der Waals surface area contributed by atoms with Gasteiger partial charge in [0.05, 0.1) is 25.7 Å². The summed E-state index contributed by atoms with van der Waals surface area (Å²) >= 11 is 0. The molecule has 178 valence electrons. The Morgan fingerprint density at radius 2 is 1.71 bits per heavy atom. The molecular formula is C28H26N2O5. The van der Waals surface area contributed by atoms with E-state index in [-0.39, 0.29) is 18.5 Å². The molecular weight excluding hydrogens is 444 g/mol. The van der Waals surface area contributed by atoms with Crippen molar-refractivity contribution in [2.24, 2.45) is 5.92 Å². The molecule has 0 spiro atoms. The van der Waals surface area contributed by atoms with Crippen LogP contribution in [-0.2, 0) is 16.1 Å². The van der Waals surface area contributed by atoms with Crippen molar-refractivity contribution in [3.63, 3.8) is 0 Å². The molecule has 5 aromatic rings. The maximum atomic E-state index is 12.7. The van der Waals surface area contributed by atoms with E-state index in [2.05, 4.69) is 4.98 Å². The molecule has 0 bridgehead atoms. The van der Waals surface area contributed by atoms with Gasteiger partial charge in [0.1, 0.15) is 17.3 Å². The minimum atomic E-state index is -0.590. The molecule has 7 heteroatoms. The standard InChI is InChI=1S/C28H26N2O5/c1-17(2)25(28(32)33-3)30-16-29-24(18-9-5-4-6-10-18)26(30)22-13-14-23(34-22)27-20(15-31)19-11-7-8-12-21(19)35-27/h4-14,16-17,25,31H,15H2,1-3H3/t25-/m0/s1. The van der Waals surface area contributed by atoms with Crippen LogP contribution in [0.4, 0.5) is 0 Å². The lowest BCUT2D eigenvalue weighted by Gasteiger charge is -2.22. The first-order valence-electron chi connectivity index (χ1n) is 11.5. The fraction of sp³-hybridized carbons (Fsp3) is 0.214. The molecule has 1 N–H and O–H groups in total. The molecule has 0 amide bonds. The molecule has 0 saturated heterocycles. The van der Waals surface area contributed by atoms with Crippen molar-refractivity contribution in [2.45, 2.75) is 26.5 Å². The highest BCUT2D eigenvalue weighted by Gasteiger charge is 2.31. The van der Waals surface area contributed by atoms with Crippen molar-refractivity contribution in [1.82, 2.24) is 9.55 Å². The number of methoxy groups -OCH3 is 1. The second-order valence-electron chi connectivity index (χ2n) is 8.66. The molecule has 0 aliphatic carbocycles. The van der Waals surface area contributed by atoms with Crippen LogP contribution in [0.15, 0.2) is 81.9 Å². The number of hydrogen-bond acceptors (Lipinski definition) is 6. The summed E-state index contributed by atoms with van der Waals surface area (Å²) in [7, 11) is 1.38. The number of rotatable bonds is 7. The third kappa shape index (κ3) is 3.94. The predicted molar refractivity (Wildman–Crippen MR) is 132 cm³/mol. The molecule has 3 heterocycles. The molecule has 0 unspecified atom stereocenters. The number of furan rings is 2. The number of fused-ring (bicyclic) bond motifs is 1. The largest absolute Gasteiger partial charge is 0.467 e. The molecule has 5 rings (SSSR count). The van der Waals surface area contributed by atoms with Gasteiger partial charge in [-0.2, -0.15) is 0 Å². The molecule has 0 radical (unpaired) electrons. The number of ether oxygens (including phenoxy) is 1. The van der Waals surface area contributed by atoms with Crippen LogP contribution in [0.25, 0.3) is 45.2 Å². The quantitative estimate of drug-likeness (QED) is 0.290. The van der Waals surface area contributed by atoms with E-state index in [1.54, 1.807) is 12.4 Å². The fourth-order valence-electron chi connectivity index (χ4n) is 4.49. The van der Waals surface area contributed by atoms with Crippen molar-refractivity contribution in [3.05, 3.63) is 78.6 Å². The minimum absolute atomic E-state index is 0.0511. The molecule has 35 heavy (non-hydrogen) atoms. The Labute approximate surface area is 202 Å². The second-order valence-corrected chi connectivity index (χ2v) is 8.66. The van der Waals surface area contributed by atoms with Crippen LogP contribution in [0.5, 0.6) is 0 Å². The summed E-state index contributed by atoms with van der Waals surface area (Å²) < 4.78 is 19.3. The first-order chi connectivity index (χ1) is 17.0. The van der Waals surface area contributed by atoms with Crippen molar-refractivity contribution < 1.29 is 23.5 Å². The Morgan fingerprint density at radius 1 is 1.00 bits per heavy atom. The van der Waals surface area contributed by atoms with E-state index in [1.165, 1.54) is 7.11 Å². The number of carbonyl (C=O) groups excluding carboxylic acids is 1. The third-order valence-corrected chi connectivity index (χ3v) is 6.13. The van der Waals surface area contributed by atoms with E-state index in [9.17, 15) is 9.90 Å². The summed E-state index contributed by atoms with van der Waals surface area (Å²) in [6, 6.07) is 20.3. The summed E-state index contributed by atoms with van der Waals surface area (Å²) in [4.78, 5) is 17.4. The van der Waals surface area contributed by atoms with Crippen molar-refractivity contribution >= 4 is 16.9 Å². The number of aromatic nitrogens is 2. The van der Waals surface area contributed by atoms with Crippen LogP contribution in [0.2, 0.25) is 0 Å². The van der Waals surface area contributed by atoms with Gasteiger partial charge in [-0.25, -0.2) is 9.78 Å². The van der Waals surface area contributed by atoms with Gasteiger partial charge in [0, 0.05) is 16.5 Å². The van der Waals surface area contributed by atoms with E-state index < -0.39 is 6.04 Å². The maximum absolute atomic E-state index is 12.7. The summed E-state index contributed by atoms with van der Waals surface area (Å²) in [5.41, 5.74) is 3.57.